The summed E-state index contributed by atoms with van der Waals surface area (Å²) in [5.41, 5.74) is 2.22. The first-order valence-corrected chi connectivity index (χ1v) is 6.24. The van der Waals surface area contributed by atoms with E-state index in [2.05, 4.69) is 39.9 Å². The van der Waals surface area contributed by atoms with Crippen molar-refractivity contribution in [3.8, 4) is 0 Å². The summed E-state index contributed by atoms with van der Waals surface area (Å²) in [4.78, 5) is 0. The van der Waals surface area contributed by atoms with Gasteiger partial charge in [0.1, 0.15) is 0 Å². The average Bonchev–Trinajstić information content (AvgIpc) is 2.90. The van der Waals surface area contributed by atoms with E-state index < -0.39 is 0 Å². The zero-order chi connectivity index (χ0) is 12.8. The molecule has 0 aliphatic carbocycles. The molecule has 0 spiro atoms. The van der Waals surface area contributed by atoms with Crippen LogP contribution in [0.1, 0.15) is 24.2 Å². The number of nitrogens with one attached hydrogen (secondary N) is 3. The van der Waals surface area contributed by atoms with Crippen molar-refractivity contribution in [2.24, 2.45) is 0 Å². The Balaban J connectivity index is 1.80. The van der Waals surface area contributed by atoms with Gasteiger partial charge in [0.15, 0.2) is 5.11 Å². The Labute approximate surface area is 112 Å². The van der Waals surface area contributed by atoms with Crippen LogP contribution in [0.25, 0.3) is 0 Å². The topological polar surface area (TPSA) is 52.7 Å². The number of benzene rings is 1. The molecule has 2 aromatic rings. The van der Waals surface area contributed by atoms with Crippen molar-refractivity contribution in [3.05, 3.63) is 53.9 Å². The molecule has 0 amide bonds. The highest BCUT2D eigenvalue weighted by Gasteiger charge is 2.05. The molecular weight excluding hydrogens is 244 g/mol. The first kappa shape index (κ1) is 12.6. The van der Waals surface area contributed by atoms with Crippen LogP contribution in [0, 0.1) is 0 Å². The normalized spacial score (nSPS) is 11.8. The number of rotatable bonds is 4. The molecule has 0 saturated heterocycles. The summed E-state index contributed by atoms with van der Waals surface area (Å²) in [7, 11) is 0. The number of hydrogen-bond donors (Lipinski definition) is 3. The van der Waals surface area contributed by atoms with Crippen LogP contribution >= 0.6 is 12.2 Å². The quantitative estimate of drug-likeness (QED) is 0.737. The van der Waals surface area contributed by atoms with Gasteiger partial charge >= 0.3 is 0 Å². The van der Waals surface area contributed by atoms with E-state index in [-0.39, 0.29) is 6.04 Å². The van der Waals surface area contributed by atoms with Gasteiger partial charge in [-0.2, -0.15) is 5.10 Å². The van der Waals surface area contributed by atoms with Crippen molar-refractivity contribution in [1.82, 2.24) is 20.8 Å². The fraction of sp³-hybridized carbons (Fsp3) is 0.231. The van der Waals surface area contributed by atoms with Gasteiger partial charge in [0.2, 0.25) is 0 Å². The number of thiocarbonyl (C=S) groups is 1. The summed E-state index contributed by atoms with van der Waals surface area (Å²) < 4.78 is 0. The van der Waals surface area contributed by atoms with Crippen LogP contribution in [-0.4, -0.2) is 15.3 Å². The van der Waals surface area contributed by atoms with Gasteiger partial charge in [-0.25, -0.2) is 0 Å². The van der Waals surface area contributed by atoms with Crippen LogP contribution in [0.3, 0.4) is 0 Å². The number of aromatic nitrogens is 2. The highest BCUT2D eigenvalue weighted by atomic mass is 32.1. The van der Waals surface area contributed by atoms with Gasteiger partial charge in [0.25, 0.3) is 0 Å². The lowest BCUT2D eigenvalue weighted by atomic mass is 10.1. The van der Waals surface area contributed by atoms with Gasteiger partial charge in [0, 0.05) is 6.20 Å². The first-order valence-electron chi connectivity index (χ1n) is 5.83. The molecule has 1 aromatic heterocycles. The number of nitrogens with zero attached hydrogens (tertiary/aromatic N) is 1. The maximum atomic E-state index is 5.25. The van der Waals surface area contributed by atoms with Crippen molar-refractivity contribution < 1.29 is 0 Å². The summed E-state index contributed by atoms with van der Waals surface area (Å²) >= 11 is 5.25. The molecule has 1 aromatic carbocycles. The molecule has 5 heteroatoms. The SMILES string of the molecule is CC(NC(=S)NCc1ccn[nH]1)c1ccccc1. The predicted octanol–water partition coefficient (Wildman–Crippen LogP) is 2.13. The Bertz CT molecular complexity index is 481. The molecule has 1 atom stereocenters. The average molecular weight is 260 g/mol. The van der Waals surface area contributed by atoms with Gasteiger partial charge in [0.05, 0.1) is 18.3 Å². The molecule has 0 radical (unpaired) electrons. The Morgan fingerprint density at radius 1 is 1.33 bits per heavy atom. The van der Waals surface area contributed by atoms with Gasteiger partial charge < -0.3 is 10.6 Å². The van der Waals surface area contributed by atoms with E-state index in [0.29, 0.717) is 11.7 Å². The van der Waals surface area contributed by atoms with Crippen LogP contribution in [-0.2, 0) is 6.54 Å². The zero-order valence-electron chi connectivity index (χ0n) is 10.2. The van der Waals surface area contributed by atoms with E-state index in [1.807, 2.05) is 24.3 Å². The maximum absolute atomic E-state index is 5.25. The lowest BCUT2D eigenvalue weighted by Crippen LogP contribution is -2.36. The summed E-state index contributed by atoms with van der Waals surface area (Å²) in [5, 5.41) is 13.8. The van der Waals surface area contributed by atoms with Crippen LogP contribution in [0.5, 0.6) is 0 Å². The summed E-state index contributed by atoms with van der Waals surface area (Å²) in [6.45, 7) is 2.73. The Kier molecular flexibility index (Phi) is 4.30. The molecule has 0 saturated carbocycles. The zero-order valence-corrected chi connectivity index (χ0v) is 11.0. The van der Waals surface area contributed by atoms with E-state index >= 15 is 0 Å². The molecule has 94 valence electrons. The van der Waals surface area contributed by atoms with E-state index in [9.17, 15) is 0 Å². The summed E-state index contributed by atoms with van der Waals surface area (Å²) in [6.07, 6.45) is 1.72. The first-order chi connectivity index (χ1) is 8.75. The predicted molar refractivity (Wildman–Crippen MR) is 76.0 cm³/mol. The van der Waals surface area contributed by atoms with E-state index in [1.165, 1.54) is 5.56 Å². The molecule has 1 unspecified atom stereocenters. The Morgan fingerprint density at radius 3 is 2.78 bits per heavy atom. The number of hydrogen-bond acceptors (Lipinski definition) is 2. The largest absolute Gasteiger partial charge is 0.357 e. The molecule has 18 heavy (non-hydrogen) atoms. The Morgan fingerprint density at radius 2 is 2.11 bits per heavy atom. The highest BCUT2D eigenvalue weighted by Crippen LogP contribution is 2.10. The van der Waals surface area contributed by atoms with Crippen LogP contribution in [0.15, 0.2) is 42.6 Å². The molecule has 4 nitrogen and oxygen atoms in total. The maximum Gasteiger partial charge on any atom is 0.167 e. The monoisotopic (exact) mass is 260 g/mol. The molecule has 1 heterocycles. The fourth-order valence-corrected chi connectivity index (χ4v) is 1.88. The lowest BCUT2D eigenvalue weighted by molar-refractivity contribution is 0.695. The fourth-order valence-electron chi connectivity index (χ4n) is 1.63. The second kappa shape index (κ2) is 6.16. The van der Waals surface area contributed by atoms with Crippen molar-refractivity contribution in [1.29, 1.82) is 0 Å². The molecule has 0 bridgehead atoms. The summed E-state index contributed by atoms with van der Waals surface area (Å²) in [6, 6.07) is 12.3. The van der Waals surface area contributed by atoms with Gasteiger partial charge in [-0.05, 0) is 30.8 Å². The lowest BCUT2D eigenvalue weighted by Gasteiger charge is -2.17. The minimum absolute atomic E-state index is 0.188. The molecule has 0 fully saturated rings. The van der Waals surface area contributed by atoms with Crippen LogP contribution in [0.2, 0.25) is 0 Å². The van der Waals surface area contributed by atoms with Crippen molar-refractivity contribution in [3.63, 3.8) is 0 Å². The molecular formula is C13H16N4S. The number of H-pyrrole nitrogens is 1. The third-order valence-electron chi connectivity index (χ3n) is 2.64. The third kappa shape index (κ3) is 3.56. The molecule has 2 rings (SSSR count). The van der Waals surface area contributed by atoms with Crippen LogP contribution < -0.4 is 10.6 Å². The van der Waals surface area contributed by atoms with Crippen molar-refractivity contribution >= 4 is 17.3 Å². The third-order valence-corrected chi connectivity index (χ3v) is 2.91. The van der Waals surface area contributed by atoms with E-state index in [1.54, 1.807) is 6.20 Å². The second-order valence-corrected chi connectivity index (χ2v) is 4.45. The number of aromatic amines is 1. The minimum Gasteiger partial charge on any atom is -0.357 e. The van der Waals surface area contributed by atoms with Gasteiger partial charge in [-0.15, -0.1) is 0 Å². The van der Waals surface area contributed by atoms with E-state index in [4.69, 9.17) is 12.2 Å². The second-order valence-electron chi connectivity index (χ2n) is 4.04. The minimum atomic E-state index is 0.188. The Hall–Kier alpha value is -1.88. The van der Waals surface area contributed by atoms with Crippen LogP contribution in [0.4, 0.5) is 0 Å². The van der Waals surface area contributed by atoms with Crippen molar-refractivity contribution in [2.45, 2.75) is 19.5 Å². The molecule has 0 aliphatic rings. The van der Waals surface area contributed by atoms with Gasteiger partial charge in [-0.3, -0.25) is 5.10 Å². The van der Waals surface area contributed by atoms with E-state index in [0.717, 1.165) is 5.69 Å². The van der Waals surface area contributed by atoms with Crippen molar-refractivity contribution in [2.75, 3.05) is 0 Å². The molecule has 0 aliphatic heterocycles. The smallest absolute Gasteiger partial charge is 0.167 e. The summed E-state index contributed by atoms with van der Waals surface area (Å²) in [5.74, 6) is 0. The molecule has 3 N–H and O–H groups in total. The highest BCUT2D eigenvalue weighted by molar-refractivity contribution is 7.80. The standard InChI is InChI=1S/C13H16N4S/c1-10(11-5-3-2-4-6-11)16-13(18)14-9-12-7-8-15-17-12/h2-8,10H,9H2,1H3,(H,15,17)(H2,14,16,18). The van der Waals surface area contributed by atoms with Gasteiger partial charge in [-0.1, -0.05) is 30.3 Å².